The van der Waals surface area contributed by atoms with Gasteiger partial charge in [0.25, 0.3) is 0 Å². The maximum atomic E-state index is 14.0. The standard InChI is InChI=1S/C51H72N2O5/c1-47(16-5-4-11-31(27-47)53-23-22-52-29-53)45-33-13-9-19-50(17-6-7-18-50)44(33)32-12-8-10-30-24-34(46(57)43(45)42(30)32)35-15-21-51(58)37-25-39(54)38-26-40(55)41(56)28-48(38,2)36(37)14-20-49(35,51)3/h22-23,25,29-31,34-36,38,40-41,43-44,46,55-58H,4-21,24,26-28H2,1-3H3. The van der Waals surface area contributed by atoms with E-state index < -0.39 is 34.7 Å². The lowest BCUT2D eigenvalue weighted by Crippen LogP contribution is -2.61. The van der Waals surface area contributed by atoms with Gasteiger partial charge >= 0.3 is 0 Å². The van der Waals surface area contributed by atoms with Crippen molar-refractivity contribution < 1.29 is 25.2 Å². The van der Waals surface area contributed by atoms with Crippen LogP contribution in [0.2, 0.25) is 0 Å². The Bertz CT molecular complexity index is 1920. The quantitative estimate of drug-likeness (QED) is 0.179. The minimum atomic E-state index is -1.11. The molecule has 0 aromatic carbocycles. The summed E-state index contributed by atoms with van der Waals surface area (Å²) >= 11 is 0. The summed E-state index contributed by atoms with van der Waals surface area (Å²) in [4.78, 5) is 18.5. The normalized spacial score (nSPS) is 49.7. The number of ketones is 1. The van der Waals surface area contributed by atoms with Gasteiger partial charge in [-0.3, -0.25) is 4.79 Å². The second-order valence-corrected chi connectivity index (χ2v) is 23.1. The molecule has 0 saturated heterocycles. The van der Waals surface area contributed by atoms with Gasteiger partial charge in [-0.25, -0.2) is 4.98 Å². The fourth-order valence-corrected chi connectivity index (χ4v) is 18.2. The molecule has 11 rings (SSSR count). The van der Waals surface area contributed by atoms with Crippen molar-refractivity contribution in [2.75, 3.05) is 0 Å². The Hall–Kier alpha value is -2.06. The third-order valence-electron chi connectivity index (χ3n) is 20.7. The summed E-state index contributed by atoms with van der Waals surface area (Å²) in [5, 5.41) is 48.4. The minimum Gasteiger partial charge on any atom is -0.392 e. The lowest BCUT2D eigenvalue weighted by Gasteiger charge is -2.62. The Morgan fingerprint density at radius 3 is 2.34 bits per heavy atom. The minimum absolute atomic E-state index is 0.0000126. The first kappa shape index (κ1) is 38.8. The molecule has 1 spiro atoms. The van der Waals surface area contributed by atoms with Crippen molar-refractivity contribution in [3.63, 3.8) is 0 Å². The van der Waals surface area contributed by atoms with Crippen LogP contribution in [0.5, 0.6) is 0 Å². The monoisotopic (exact) mass is 793 g/mol. The summed E-state index contributed by atoms with van der Waals surface area (Å²) < 4.78 is 2.39. The molecule has 7 saturated carbocycles. The topological polar surface area (TPSA) is 116 Å². The van der Waals surface area contributed by atoms with Crippen molar-refractivity contribution in [3.05, 3.63) is 52.7 Å². The van der Waals surface area contributed by atoms with E-state index in [4.69, 9.17) is 0 Å². The van der Waals surface area contributed by atoms with Crippen molar-refractivity contribution >= 4 is 5.78 Å². The Balaban J connectivity index is 1.01. The second kappa shape index (κ2) is 13.5. The average Bonchev–Trinajstić information content (AvgIpc) is 3.93. The number of allylic oxidation sites excluding steroid dienone is 3. The molecule has 7 nitrogen and oxygen atoms in total. The van der Waals surface area contributed by atoms with Gasteiger partial charge in [-0.15, -0.1) is 0 Å². The highest BCUT2D eigenvalue weighted by Crippen LogP contribution is 2.72. The Morgan fingerprint density at radius 1 is 0.776 bits per heavy atom. The van der Waals surface area contributed by atoms with E-state index in [0.717, 1.165) is 37.7 Å². The van der Waals surface area contributed by atoms with E-state index in [1.165, 1.54) is 89.9 Å². The SMILES string of the molecule is CC1(C2=C3CCCC4(CCCC4)C3C3=C4C(CCC3)CC(C3CCC5(O)C6=CC(=O)C7CC(O)C(O)CC7(C)C6CCC35C)C(O)C42)CCCCC(n2ccnc2)C1. The van der Waals surface area contributed by atoms with Gasteiger partial charge in [-0.1, -0.05) is 68.7 Å². The van der Waals surface area contributed by atoms with Crippen molar-refractivity contribution in [2.45, 2.75) is 192 Å². The van der Waals surface area contributed by atoms with E-state index in [1.807, 2.05) is 18.6 Å². The van der Waals surface area contributed by atoms with E-state index in [-0.39, 0.29) is 40.8 Å². The second-order valence-electron chi connectivity index (χ2n) is 23.1. The molecule has 1 aromatic rings. The lowest BCUT2D eigenvalue weighted by atomic mass is 9.44. The largest absolute Gasteiger partial charge is 0.392 e. The predicted octanol–water partition coefficient (Wildman–Crippen LogP) is 9.36. The number of nitrogens with zero attached hydrogens (tertiary/aromatic N) is 2. The number of aromatic nitrogens is 2. The third-order valence-corrected chi connectivity index (χ3v) is 20.7. The Kier molecular flexibility index (Phi) is 9.02. The van der Waals surface area contributed by atoms with Crippen molar-refractivity contribution in [3.8, 4) is 0 Å². The number of aliphatic hydroxyl groups is 4. The number of aliphatic hydroxyl groups excluding tert-OH is 3. The maximum absolute atomic E-state index is 14.0. The molecule has 0 aliphatic heterocycles. The summed E-state index contributed by atoms with van der Waals surface area (Å²) in [5.41, 5.74) is 6.21. The fourth-order valence-electron chi connectivity index (χ4n) is 18.2. The molecule has 7 heteroatoms. The number of carbonyl (C=O) groups is 1. The zero-order chi connectivity index (χ0) is 40.0. The molecule has 10 aliphatic carbocycles. The molecule has 15 unspecified atom stereocenters. The molecule has 0 radical (unpaired) electrons. The average molecular weight is 793 g/mol. The fraction of sp³-hybridized carbons (Fsp3) is 0.804. The molecule has 0 amide bonds. The molecule has 15 atom stereocenters. The highest BCUT2D eigenvalue weighted by molar-refractivity contribution is 5.95. The molecule has 0 bridgehead atoms. The van der Waals surface area contributed by atoms with Crippen LogP contribution in [0.3, 0.4) is 0 Å². The summed E-state index contributed by atoms with van der Waals surface area (Å²) in [5.74, 6) is 1.13. The maximum Gasteiger partial charge on any atom is 0.159 e. The highest BCUT2D eigenvalue weighted by atomic mass is 16.3. The number of imidazole rings is 1. The summed E-state index contributed by atoms with van der Waals surface area (Å²) in [7, 11) is 0. The van der Waals surface area contributed by atoms with Crippen LogP contribution in [0.4, 0.5) is 0 Å². The summed E-state index contributed by atoms with van der Waals surface area (Å²) in [6, 6.07) is 0.417. The molecule has 1 aromatic heterocycles. The molecule has 316 valence electrons. The zero-order valence-corrected chi connectivity index (χ0v) is 35.8. The third kappa shape index (κ3) is 5.23. The molecule has 1 heterocycles. The smallest absolute Gasteiger partial charge is 0.159 e. The highest BCUT2D eigenvalue weighted by Gasteiger charge is 2.69. The molecule has 10 aliphatic rings. The van der Waals surface area contributed by atoms with Gasteiger partial charge in [-0.05, 0) is 167 Å². The van der Waals surface area contributed by atoms with E-state index in [0.29, 0.717) is 42.6 Å². The van der Waals surface area contributed by atoms with Gasteiger partial charge in [0.05, 0.1) is 30.2 Å². The van der Waals surface area contributed by atoms with Crippen LogP contribution in [0, 0.1) is 63.1 Å². The van der Waals surface area contributed by atoms with Crippen LogP contribution in [0.25, 0.3) is 0 Å². The first-order valence-corrected chi connectivity index (χ1v) is 24.3. The van der Waals surface area contributed by atoms with Crippen LogP contribution in [0.15, 0.2) is 52.7 Å². The Morgan fingerprint density at radius 2 is 1.55 bits per heavy atom. The van der Waals surface area contributed by atoms with Crippen molar-refractivity contribution in [2.24, 2.45) is 63.1 Å². The van der Waals surface area contributed by atoms with Gasteiger partial charge in [0.1, 0.15) is 0 Å². The number of rotatable bonds is 3. The molecular weight excluding hydrogens is 721 g/mol. The number of hydrogen-bond acceptors (Lipinski definition) is 6. The van der Waals surface area contributed by atoms with Gasteiger partial charge in [0, 0.05) is 41.6 Å². The molecule has 58 heavy (non-hydrogen) atoms. The van der Waals surface area contributed by atoms with Crippen LogP contribution >= 0.6 is 0 Å². The summed E-state index contributed by atoms with van der Waals surface area (Å²) in [6.07, 6.45) is 29.7. The van der Waals surface area contributed by atoms with Crippen LogP contribution < -0.4 is 0 Å². The lowest BCUT2D eigenvalue weighted by molar-refractivity contribution is -0.156. The molecule has 4 N–H and O–H groups in total. The first-order chi connectivity index (χ1) is 27.8. The van der Waals surface area contributed by atoms with Gasteiger partial charge in [0.2, 0.25) is 0 Å². The zero-order valence-electron chi connectivity index (χ0n) is 35.8. The van der Waals surface area contributed by atoms with E-state index in [9.17, 15) is 25.2 Å². The number of carbonyl (C=O) groups excluding carboxylic acids is 1. The Labute approximate surface area is 347 Å². The van der Waals surface area contributed by atoms with Gasteiger partial charge in [0.15, 0.2) is 5.78 Å². The molecule has 7 fully saturated rings. The molecular formula is C51H72N2O5. The van der Waals surface area contributed by atoms with Crippen LogP contribution in [-0.4, -0.2) is 59.7 Å². The van der Waals surface area contributed by atoms with E-state index >= 15 is 0 Å². The van der Waals surface area contributed by atoms with E-state index in [2.05, 4.69) is 36.5 Å². The first-order valence-electron chi connectivity index (χ1n) is 24.3. The summed E-state index contributed by atoms with van der Waals surface area (Å²) in [6.45, 7) is 7.10. The van der Waals surface area contributed by atoms with Crippen LogP contribution in [-0.2, 0) is 4.79 Å². The van der Waals surface area contributed by atoms with Gasteiger partial charge in [-0.2, -0.15) is 0 Å². The van der Waals surface area contributed by atoms with Crippen molar-refractivity contribution in [1.82, 2.24) is 9.55 Å². The van der Waals surface area contributed by atoms with E-state index in [1.54, 1.807) is 22.3 Å². The van der Waals surface area contributed by atoms with Gasteiger partial charge < -0.3 is 25.0 Å². The number of hydrogen-bond donors (Lipinski definition) is 4. The predicted molar refractivity (Wildman–Crippen MR) is 224 cm³/mol. The van der Waals surface area contributed by atoms with Crippen LogP contribution in [0.1, 0.15) is 168 Å². The number of fused-ring (bicyclic) bond motifs is 8. The van der Waals surface area contributed by atoms with Crippen molar-refractivity contribution in [1.29, 1.82) is 0 Å².